The molecule has 0 radical (unpaired) electrons. The van der Waals surface area contributed by atoms with E-state index in [0.717, 1.165) is 5.52 Å². The number of aromatic amines is 1. The number of aromatic nitrogens is 5. The van der Waals surface area contributed by atoms with Crippen molar-refractivity contribution in [2.24, 2.45) is 0 Å². The number of nitrogen functional groups attached to an aromatic ring is 2. The zero-order valence-electron chi connectivity index (χ0n) is 11.3. The van der Waals surface area contributed by atoms with Gasteiger partial charge in [-0.1, -0.05) is 0 Å². The summed E-state index contributed by atoms with van der Waals surface area (Å²) in [6, 6.07) is 6.73. The van der Waals surface area contributed by atoms with Crippen LogP contribution in [0.3, 0.4) is 0 Å². The molecule has 4 aromatic heterocycles. The van der Waals surface area contributed by atoms with E-state index in [0.29, 0.717) is 22.4 Å². The first-order valence-electron chi connectivity index (χ1n) is 6.52. The lowest BCUT2D eigenvalue weighted by Gasteiger charge is -2.05. The summed E-state index contributed by atoms with van der Waals surface area (Å²) in [6.07, 6.45) is 3.13. The van der Waals surface area contributed by atoms with Gasteiger partial charge in [-0.05, 0) is 18.2 Å². The molecule has 8 nitrogen and oxygen atoms in total. The molecule has 4 aromatic rings. The van der Waals surface area contributed by atoms with Crippen molar-refractivity contribution >= 4 is 28.4 Å². The third kappa shape index (κ3) is 1.71. The lowest BCUT2D eigenvalue weighted by molar-refractivity contribution is 1.11. The highest BCUT2D eigenvalue weighted by Crippen LogP contribution is 2.23. The van der Waals surface area contributed by atoms with E-state index in [-0.39, 0.29) is 17.3 Å². The molecule has 4 heterocycles. The van der Waals surface area contributed by atoms with Crippen LogP contribution in [0.25, 0.3) is 27.9 Å². The van der Waals surface area contributed by atoms with Gasteiger partial charge in [0.1, 0.15) is 5.65 Å². The summed E-state index contributed by atoms with van der Waals surface area (Å²) in [4.78, 5) is 27.3. The number of fused-ring (bicyclic) bond motifs is 3. The van der Waals surface area contributed by atoms with Crippen LogP contribution in [0.4, 0.5) is 11.9 Å². The van der Waals surface area contributed by atoms with Crippen LogP contribution in [0, 0.1) is 0 Å². The fourth-order valence-electron chi connectivity index (χ4n) is 2.49. The number of anilines is 2. The fourth-order valence-corrected chi connectivity index (χ4v) is 2.49. The smallest absolute Gasteiger partial charge is 0.220 e. The molecule has 0 aliphatic heterocycles. The Morgan fingerprint density at radius 2 is 1.95 bits per heavy atom. The number of nitrogens with two attached hydrogens (primary N) is 2. The van der Waals surface area contributed by atoms with Crippen molar-refractivity contribution in [3.05, 3.63) is 46.9 Å². The summed E-state index contributed by atoms with van der Waals surface area (Å²) in [6.45, 7) is 0. The Hall–Kier alpha value is -3.42. The van der Waals surface area contributed by atoms with E-state index < -0.39 is 0 Å². The second-order valence-electron chi connectivity index (χ2n) is 4.81. The second kappa shape index (κ2) is 4.29. The van der Waals surface area contributed by atoms with Gasteiger partial charge in [-0.2, -0.15) is 0 Å². The molecule has 0 unspecified atom stereocenters. The Balaban J connectivity index is 2.07. The summed E-state index contributed by atoms with van der Waals surface area (Å²) in [7, 11) is 0. The van der Waals surface area contributed by atoms with Crippen molar-refractivity contribution in [2.45, 2.75) is 0 Å². The van der Waals surface area contributed by atoms with Crippen LogP contribution in [0.1, 0.15) is 0 Å². The fraction of sp³-hybridized carbons (Fsp3) is 0. The Morgan fingerprint density at radius 1 is 1.09 bits per heavy atom. The topological polar surface area (TPSA) is 128 Å². The zero-order chi connectivity index (χ0) is 15.3. The Kier molecular flexibility index (Phi) is 2.40. The maximum Gasteiger partial charge on any atom is 0.220 e. The predicted molar refractivity (Wildman–Crippen MR) is 83.2 cm³/mol. The van der Waals surface area contributed by atoms with Crippen LogP contribution in [0.2, 0.25) is 0 Å². The first-order chi connectivity index (χ1) is 10.6. The molecule has 0 atom stereocenters. The highest BCUT2D eigenvalue weighted by molar-refractivity contribution is 5.86. The Morgan fingerprint density at radius 3 is 2.77 bits per heavy atom. The van der Waals surface area contributed by atoms with Crippen molar-refractivity contribution < 1.29 is 0 Å². The number of rotatable bonds is 1. The first-order valence-corrected chi connectivity index (χ1v) is 6.52. The van der Waals surface area contributed by atoms with Gasteiger partial charge in [0.05, 0.1) is 22.3 Å². The minimum absolute atomic E-state index is 0.0790. The monoisotopic (exact) mass is 293 g/mol. The van der Waals surface area contributed by atoms with Gasteiger partial charge < -0.3 is 16.5 Å². The van der Waals surface area contributed by atoms with Gasteiger partial charge in [-0.25, -0.2) is 15.0 Å². The molecule has 0 amide bonds. The molecule has 0 bridgehead atoms. The lowest BCUT2D eigenvalue weighted by atomic mass is 10.2. The molecule has 0 aromatic carbocycles. The van der Waals surface area contributed by atoms with Gasteiger partial charge in [-0.3, -0.25) is 9.20 Å². The molecule has 22 heavy (non-hydrogen) atoms. The van der Waals surface area contributed by atoms with Crippen molar-refractivity contribution in [2.75, 3.05) is 11.5 Å². The van der Waals surface area contributed by atoms with E-state index in [1.165, 1.54) is 6.07 Å². The van der Waals surface area contributed by atoms with Gasteiger partial charge >= 0.3 is 0 Å². The van der Waals surface area contributed by atoms with Crippen molar-refractivity contribution in [1.29, 1.82) is 0 Å². The van der Waals surface area contributed by atoms with Crippen molar-refractivity contribution in [3.8, 4) is 11.4 Å². The van der Waals surface area contributed by atoms with Crippen LogP contribution >= 0.6 is 0 Å². The summed E-state index contributed by atoms with van der Waals surface area (Å²) in [5, 5.41) is 0.551. The Bertz CT molecular complexity index is 1080. The normalized spacial score (nSPS) is 11.3. The summed E-state index contributed by atoms with van der Waals surface area (Å²) < 4.78 is 1.69. The lowest BCUT2D eigenvalue weighted by Crippen LogP contribution is -2.04. The number of nitrogens with one attached hydrogen (secondary N) is 1. The molecular formula is C14H11N7O. The molecule has 4 rings (SSSR count). The standard InChI is InChI=1S/C14H11N7O/c15-13-18-3-1-9(19-13)10-6-7-5-8-11(22)2-4-17-12(8)21(7)14(16)20-10/h1-6H,(H2,16,20)(H,17,22)(H2,15,18,19). The maximum atomic E-state index is 11.9. The van der Waals surface area contributed by atoms with Crippen LogP contribution in [-0.4, -0.2) is 24.3 Å². The molecule has 0 aliphatic rings. The molecule has 0 fully saturated rings. The third-order valence-electron chi connectivity index (χ3n) is 3.43. The van der Waals surface area contributed by atoms with Crippen molar-refractivity contribution in [1.82, 2.24) is 24.3 Å². The van der Waals surface area contributed by atoms with Crippen LogP contribution in [0.5, 0.6) is 0 Å². The Labute approximate surface area is 123 Å². The third-order valence-corrected chi connectivity index (χ3v) is 3.43. The molecule has 0 aliphatic carbocycles. The molecule has 0 saturated heterocycles. The van der Waals surface area contributed by atoms with Gasteiger partial charge in [0, 0.05) is 18.5 Å². The van der Waals surface area contributed by atoms with Gasteiger partial charge in [0.15, 0.2) is 5.43 Å². The van der Waals surface area contributed by atoms with E-state index in [1.807, 2.05) is 0 Å². The largest absolute Gasteiger partial charge is 0.369 e. The van der Waals surface area contributed by atoms with E-state index in [9.17, 15) is 4.79 Å². The molecule has 0 saturated carbocycles. The van der Waals surface area contributed by atoms with E-state index in [2.05, 4.69) is 19.9 Å². The predicted octanol–water partition coefficient (Wildman–Crippen LogP) is 0.797. The first kappa shape index (κ1) is 12.3. The minimum atomic E-state index is -0.0790. The second-order valence-corrected chi connectivity index (χ2v) is 4.81. The number of hydrogen-bond acceptors (Lipinski definition) is 6. The van der Waals surface area contributed by atoms with Crippen LogP contribution in [-0.2, 0) is 0 Å². The quantitative estimate of drug-likeness (QED) is 0.476. The van der Waals surface area contributed by atoms with Gasteiger partial charge in [0.2, 0.25) is 11.9 Å². The summed E-state index contributed by atoms with van der Waals surface area (Å²) >= 11 is 0. The molecule has 0 spiro atoms. The molecule has 5 N–H and O–H groups in total. The summed E-state index contributed by atoms with van der Waals surface area (Å²) in [5.41, 5.74) is 14.1. The van der Waals surface area contributed by atoms with Crippen molar-refractivity contribution in [3.63, 3.8) is 0 Å². The molecule has 108 valence electrons. The molecule has 8 heteroatoms. The number of pyridine rings is 1. The van der Waals surface area contributed by atoms with E-state index in [4.69, 9.17) is 11.5 Å². The highest BCUT2D eigenvalue weighted by atomic mass is 16.1. The minimum Gasteiger partial charge on any atom is -0.369 e. The summed E-state index contributed by atoms with van der Waals surface area (Å²) in [5.74, 6) is 0.412. The van der Waals surface area contributed by atoms with E-state index >= 15 is 0 Å². The zero-order valence-corrected chi connectivity index (χ0v) is 11.3. The highest BCUT2D eigenvalue weighted by Gasteiger charge is 2.12. The average molecular weight is 293 g/mol. The van der Waals surface area contributed by atoms with Gasteiger partial charge in [-0.15, -0.1) is 0 Å². The van der Waals surface area contributed by atoms with Crippen LogP contribution < -0.4 is 16.9 Å². The maximum absolute atomic E-state index is 11.9. The average Bonchev–Trinajstić information content (AvgIpc) is 2.88. The van der Waals surface area contributed by atoms with Gasteiger partial charge in [0.25, 0.3) is 0 Å². The number of hydrogen-bond donors (Lipinski definition) is 3. The number of nitrogens with zero attached hydrogens (tertiary/aromatic N) is 4. The SMILES string of the molecule is Nc1nccc(-c2cc3cc4c(=O)cc[nH]c4n3c(N)n2)n1. The molecular weight excluding hydrogens is 282 g/mol. The number of H-pyrrole nitrogens is 1. The van der Waals surface area contributed by atoms with Crippen LogP contribution in [0.15, 0.2) is 41.5 Å². The van der Waals surface area contributed by atoms with E-state index in [1.54, 1.807) is 35.0 Å².